The molecule has 0 spiro atoms. The third-order valence-electron chi connectivity index (χ3n) is 3.09. The van der Waals surface area contributed by atoms with Crippen molar-refractivity contribution in [1.29, 1.82) is 0 Å². The van der Waals surface area contributed by atoms with Crippen LogP contribution in [0.3, 0.4) is 0 Å². The molecule has 17 heavy (non-hydrogen) atoms. The lowest BCUT2D eigenvalue weighted by molar-refractivity contribution is 0.586. The molecule has 94 valence electrons. The number of unbranched alkanes of at least 4 members (excludes halogenated alkanes) is 1. The van der Waals surface area contributed by atoms with Gasteiger partial charge in [0.15, 0.2) is 0 Å². The number of likely N-dealkylation sites (N-methyl/N-ethyl adjacent to an activating group) is 1. The molecular formula is C16H25N. The van der Waals surface area contributed by atoms with Gasteiger partial charge in [0.05, 0.1) is 6.04 Å². The van der Waals surface area contributed by atoms with E-state index in [-0.39, 0.29) is 0 Å². The van der Waals surface area contributed by atoms with Crippen molar-refractivity contribution in [3.8, 4) is 0 Å². The van der Waals surface area contributed by atoms with Crippen LogP contribution in [-0.2, 0) is 0 Å². The maximum Gasteiger partial charge on any atom is 0.0536 e. The van der Waals surface area contributed by atoms with Gasteiger partial charge in [0.2, 0.25) is 0 Å². The third kappa shape index (κ3) is 4.01. The van der Waals surface area contributed by atoms with E-state index >= 15 is 0 Å². The Hall–Kier alpha value is -1.08. The number of nitrogens with one attached hydrogen (secondary N) is 1. The second kappa shape index (κ2) is 7.29. The fourth-order valence-electron chi connectivity index (χ4n) is 2.17. The zero-order valence-electron chi connectivity index (χ0n) is 11.5. The molecule has 1 aromatic carbocycles. The predicted molar refractivity (Wildman–Crippen MR) is 76.1 cm³/mol. The van der Waals surface area contributed by atoms with Crippen LogP contribution in [0.2, 0.25) is 0 Å². The molecule has 0 aromatic heterocycles. The van der Waals surface area contributed by atoms with Crippen LogP contribution in [0.1, 0.15) is 45.2 Å². The minimum atomic E-state index is 0.350. The number of allylic oxidation sites excluding steroid dienone is 1. The van der Waals surface area contributed by atoms with Gasteiger partial charge in [-0.15, -0.1) is 0 Å². The summed E-state index contributed by atoms with van der Waals surface area (Å²) in [5.41, 5.74) is 2.85. The van der Waals surface area contributed by atoms with Gasteiger partial charge in [-0.05, 0) is 24.9 Å². The van der Waals surface area contributed by atoms with E-state index in [9.17, 15) is 0 Å². The summed E-state index contributed by atoms with van der Waals surface area (Å²) in [6.07, 6.45) is 4.78. The second-order valence-corrected chi connectivity index (χ2v) is 4.78. The van der Waals surface area contributed by atoms with Gasteiger partial charge in [-0.1, -0.05) is 69.2 Å². The second-order valence-electron chi connectivity index (χ2n) is 4.78. The fourth-order valence-corrected chi connectivity index (χ4v) is 2.17. The number of hydrogen-bond acceptors (Lipinski definition) is 1. The van der Waals surface area contributed by atoms with Crippen LogP contribution in [-0.4, -0.2) is 7.05 Å². The predicted octanol–water partition coefficient (Wildman–Crippen LogP) is 4.33. The van der Waals surface area contributed by atoms with Crippen LogP contribution in [0.25, 0.3) is 0 Å². The number of benzene rings is 1. The Bertz CT molecular complexity index is 338. The molecule has 1 unspecified atom stereocenters. The molecule has 1 N–H and O–H groups in total. The Morgan fingerprint density at radius 2 is 1.88 bits per heavy atom. The molecule has 0 fully saturated rings. The standard InChI is InChI=1S/C16H25N/c1-5-6-12-15(13(2)3)16(17-4)14-10-8-7-9-11-14/h7-13,16-17H,5-6H2,1-4H3/b15-12+. The topological polar surface area (TPSA) is 12.0 Å². The number of hydrogen-bond donors (Lipinski definition) is 1. The van der Waals surface area contributed by atoms with Crippen molar-refractivity contribution < 1.29 is 0 Å². The highest BCUT2D eigenvalue weighted by Gasteiger charge is 2.16. The van der Waals surface area contributed by atoms with E-state index in [1.807, 2.05) is 7.05 Å². The van der Waals surface area contributed by atoms with E-state index < -0.39 is 0 Å². The van der Waals surface area contributed by atoms with Crippen LogP contribution in [0.15, 0.2) is 42.0 Å². The van der Waals surface area contributed by atoms with Crippen molar-refractivity contribution in [2.45, 2.75) is 39.7 Å². The molecule has 0 amide bonds. The van der Waals surface area contributed by atoms with Gasteiger partial charge in [0, 0.05) is 0 Å². The van der Waals surface area contributed by atoms with Gasteiger partial charge in [0.25, 0.3) is 0 Å². The monoisotopic (exact) mass is 231 g/mol. The largest absolute Gasteiger partial charge is 0.310 e. The summed E-state index contributed by atoms with van der Waals surface area (Å²) < 4.78 is 0. The Labute approximate surface area is 106 Å². The number of rotatable bonds is 6. The normalized spacial score (nSPS) is 14.1. The Morgan fingerprint density at radius 1 is 1.24 bits per heavy atom. The van der Waals surface area contributed by atoms with Crippen molar-refractivity contribution in [3.63, 3.8) is 0 Å². The Morgan fingerprint density at radius 3 is 2.35 bits per heavy atom. The Balaban J connectivity index is 2.98. The summed E-state index contributed by atoms with van der Waals surface area (Å²) in [6, 6.07) is 11.0. The molecule has 0 aliphatic carbocycles. The van der Waals surface area contributed by atoms with E-state index in [2.05, 4.69) is 62.5 Å². The maximum absolute atomic E-state index is 3.44. The van der Waals surface area contributed by atoms with Gasteiger partial charge in [-0.2, -0.15) is 0 Å². The minimum absolute atomic E-state index is 0.350. The molecule has 0 aliphatic rings. The lowest BCUT2D eigenvalue weighted by atomic mass is 9.89. The van der Waals surface area contributed by atoms with Crippen molar-refractivity contribution in [2.24, 2.45) is 5.92 Å². The quantitative estimate of drug-likeness (QED) is 0.719. The van der Waals surface area contributed by atoms with E-state index in [1.165, 1.54) is 24.0 Å². The molecule has 0 saturated heterocycles. The van der Waals surface area contributed by atoms with Crippen molar-refractivity contribution in [1.82, 2.24) is 5.32 Å². The summed E-state index contributed by atoms with van der Waals surface area (Å²) in [5.74, 6) is 0.583. The smallest absolute Gasteiger partial charge is 0.0536 e. The van der Waals surface area contributed by atoms with Crippen molar-refractivity contribution in [2.75, 3.05) is 7.05 Å². The van der Waals surface area contributed by atoms with Gasteiger partial charge < -0.3 is 5.32 Å². The minimum Gasteiger partial charge on any atom is -0.310 e. The maximum atomic E-state index is 3.44. The zero-order chi connectivity index (χ0) is 12.7. The first-order valence-electron chi connectivity index (χ1n) is 6.62. The van der Waals surface area contributed by atoms with Crippen LogP contribution in [0.5, 0.6) is 0 Å². The van der Waals surface area contributed by atoms with E-state index in [4.69, 9.17) is 0 Å². The summed E-state index contributed by atoms with van der Waals surface area (Å²) in [7, 11) is 2.04. The van der Waals surface area contributed by atoms with Gasteiger partial charge in [-0.25, -0.2) is 0 Å². The molecule has 1 aromatic rings. The van der Waals surface area contributed by atoms with Crippen LogP contribution < -0.4 is 5.32 Å². The van der Waals surface area contributed by atoms with E-state index in [0.717, 1.165) is 0 Å². The van der Waals surface area contributed by atoms with Crippen molar-refractivity contribution in [3.05, 3.63) is 47.5 Å². The van der Waals surface area contributed by atoms with Crippen molar-refractivity contribution >= 4 is 0 Å². The molecule has 1 heteroatoms. The highest BCUT2D eigenvalue weighted by molar-refractivity contribution is 5.29. The van der Waals surface area contributed by atoms with Gasteiger partial charge >= 0.3 is 0 Å². The molecule has 0 radical (unpaired) electrons. The van der Waals surface area contributed by atoms with Gasteiger partial charge in [0.1, 0.15) is 0 Å². The summed E-state index contributed by atoms with van der Waals surface area (Å²) in [5, 5.41) is 3.44. The highest BCUT2D eigenvalue weighted by atomic mass is 14.9. The van der Waals surface area contributed by atoms with Gasteiger partial charge in [-0.3, -0.25) is 0 Å². The molecule has 1 nitrogen and oxygen atoms in total. The summed E-state index contributed by atoms with van der Waals surface area (Å²) in [4.78, 5) is 0. The lowest BCUT2D eigenvalue weighted by Gasteiger charge is -2.23. The molecule has 0 saturated carbocycles. The molecule has 1 atom stereocenters. The molecular weight excluding hydrogens is 206 g/mol. The highest BCUT2D eigenvalue weighted by Crippen LogP contribution is 2.27. The third-order valence-corrected chi connectivity index (χ3v) is 3.09. The molecule has 0 heterocycles. The van der Waals surface area contributed by atoms with Crippen LogP contribution in [0.4, 0.5) is 0 Å². The SMILES string of the molecule is CCC/C=C(\C(C)C)C(NC)c1ccccc1. The average Bonchev–Trinajstić information content (AvgIpc) is 2.35. The lowest BCUT2D eigenvalue weighted by Crippen LogP contribution is -2.21. The Kier molecular flexibility index (Phi) is 5.99. The molecule has 0 bridgehead atoms. The van der Waals surface area contributed by atoms with E-state index in [0.29, 0.717) is 12.0 Å². The summed E-state index contributed by atoms with van der Waals surface area (Å²) >= 11 is 0. The van der Waals surface area contributed by atoms with Crippen LogP contribution >= 0.6 is 0 Å². The first-order valence-corrected chi connectivity index (χ1v) is 6.62. The zero-order valence-corrected chi connectivity index (χ0v) is 11.5. The first kappa shape index (κ1) is 14.0. The summed E-state index contributed by atoms with van der Waals surface area (Å²) in [6.45, 7) is 6.77. The van der Waals surface area contributed by atoms with E-state index in [1.54, 1.807) is 0 Å². The fraction of sp³-hybridized carbons (Fsp3) is 0.500. The van der Waals surface area contributed by atoms with Crippen LogP contribution in [0, 0.1) is 5.92 Å². The molecule has 0 aliphatic heterocycles. The first-order chi connectivity index (χ1) is 8.20. The molecule has 1 rings (SSSR count). The average molecular weight is 231 g/mol.